The highest BCUT2D eigenvalue weighted by molar-refractivity contribution is 5.40. The Morgan fingerprint density at radius 1 is 1.20 bits per heavy atom. The highest BCUT2D eigenvalue weighted by atomic mass is 16.5. The molecular weight excluding hydrogens is 250 g/mol. The molecule has 1 N–H and O–H groups in total. The van der Waals surface area contributed by atoms with Gasteiger partial charge in [0.15, 0.2) is 0 Å². The van der Waals surface area contributed by atoms with Gasteiger partial charge in [-0.2, -0.15) is 5.10 Å². The van der Waals surface area contributed by atoms with E-state index >= 15 is 0 Å². The molecule has 2 rings (SSSR count). The molecule has 0 spiro atoms. The van der Waals surface area contributed by atoms with Crippen LogP contribution in [-0.4, -0.2) is 30.0 Å². The molecule has 4 heteroatoms. The number of nitrogens with zero attached hydrogens (tertiary/aromatic N) is 2. The van der Waals surface area contributed by atoms with Crippen molar-refractivity contribution in [2.24, 2.45) is 0 Å². The number of rotatable bonds is 6. The van der Waals surface area contributed by atoms with E-state index < -0.39 is 0 Å². The summed E-state index contributed by atoms with van der Waals surface area (Å²) in [4.78, 5) is 0. The highest BCUT2D eigenvalue weighted by Gasteiger charge is 2.12. The van der Waals surface area contributed by atoms with Crippen LogP contribution in [-0.2, 0) is 6.42 Å². The lowest BCUT2D eigenvalue weighted by molar-refractivity contribution is 0.414. The number of likely N-dealkylation sites (N-methyl/N-ethyl adjacent to an activating group) is 1. The third kappa shape index (κ3) is 3.02. The molecule has 2 aromatic rings. The number of methoxy groups -OCH3 is 1. The lowest BCUT2D eigenvalue weighted by Crippen LogP contribution is -2.16. The Bertz CT molecular complexity index is 558. The van der Waals surface area contributed by atoms with Crippen LogP contribution in [0.25, 0.3) is 5.69 Å². The van der Waals surface area contributed by atoms with E-state index in [2.05, 4.69) is 31.2 Å². The van der Waals surface area contributed by atoms with E-state index in [-0.39, 0.29) is 0 Å². The zero-order chi connectivity index (χ0) is 14.5. The predicted molar refractivity (Wildman–Crippen MR) is 81.8 cm³/mol. The van der Waals surface area contributed by atoms with Gasteiger partial charge in [-0.25, -0.2) is 4.68 Å². The van der Waals surface area contributed by atoms with Gasteiger partial charge in [0.2, 0.25) is 0 Å². The predicted octanol–water partition coefficient (Wildman–Crippen LogP) is 2.65. The van der Waals surface area contributed by atoms with Gasteiger partial charge in [0, 0.05) is 5.69 Å². The van der Waals surface area contributed by atoms with Gasteiger partial charge in [-0.05, 0) is 63.2 Å². The maximum absolute atomic E-state index is 5.19. The molecule has 0 amide bonds. The molecule has 0 bridgehead atoms. The van der Waals surface area contributed by atoms with E-state index in [9.17, 15) is 0 Å². The fourth-order valence-corrected chi connectivity index (χ4v) is 2.40. The first kappa shape index (κ1) is 14.6. The lowest BCUT2D eigenvalue weighted by atomic mass is 10.1. The number of ether oxygens (including phenoxy) is 1. The third-order valence-corrected chi connectivity index (χ3v) is 3.56. The smallest absolute Gasteiger partial charge is 0.119 e. The summed E-state index contributed by atoms with van der Waals surface area (Å²) in [6.07, 6.45) is 1.02. The number of nitrogens with one attached hydrogen (secondary N) is 1. The van der Waals surface area contributed by atoms with Gasteiger partial charge in [0.05, 0.1) is 18.5 Å². The first-order valence-corrected chi connectivity index (χ1v) is 7.07. The Kier molecular flexibility index (Phi) is 4.79. The van der Waals surface area contributed by atoms with Crippen molar-refractivity contribution in [3.63, 3.8) is 0 Å². The Morgan fingerprint density at radius 3 is 2.50 bits per heavy atom. The van der Waals surface area contributed by atoms with Crippen LogP contribution in [0.1, 0.15) is 23.9 Å². The molecule has 0 saturated heterocycles. The van der Waals surface area contributed by atoms with E-state index in [4.69, 9.17) is 4.74 Å². The molecule has 0 aliphatic rings. The zero-order valence-corrected chi connectivity index (χ0v) is 12.7. The first-order chi connectivity index (χ1) is 9.67. The van der Waals surface area contributed by atoms with Crippen molar-refractivity contribution in [3.05, 3.63) is 41.2 Å². The van der Waals surface area contributed by atoms with Crippen LogP contribution in [0.5, 0.6) is 5.75 Å². The van der Waals surface area contributed by atoms with Gasteiger partial charge in [-0.1, -0.05) is 6.92 Å². The van der Waals surface area contributed by atoms with Gasteiger partial charge in [-0.15, -0.1) is 0 Å². The summed E-state index contributed by atoms with van der Waals surface area (Å²) in [6.45, 7) is 8.33. The maximum Gasteiger partial charge on any atom is 0.119 e. The molecule has 0 aliphatic heterocycles. The summed E-state index contributed by atoms with van der Waals surface area (Å²) in [7, 11) is 1.68. The average Bonchev–Trinajstić information content (AvgIpc) is 2.75. The van der Waals surface area contributed by atoms with Crippen molar-refractivity contribution in [2.45, 2.75) is 27.2 Å². The topological polar surface area (TPSA) is 39.1 Å². The molecule has 0 unspecified atom stereocenters. The second-order valence-corrected chi connectivity index (χ2v) is 4.86. The molecule has 108 valence electrons. The SMILES string of the molecule is CCNCCc1c(C)nn(-c2ccc(OC)cc2)c1C. The summed E-state index contributed by atoms with van der Waals surface area (Å²) in [5.74, 6) is 0.864. The van der Waals surface area contributed by atoms with Gasteiger partial charge in [0.1, 0.15) is 5.75 Å². The standard InChI is InChI=1S/C16H23N3O/c1-5-17-11-10-16-12(2)18-19(13(16)3)14-6-8-15(20-4)9-7-14/h6-9,17H,5,10-11H2,1-4H3. The van der Waals surface area contributed by atoms with E-state index in [1.54, 1.807) is 7.11 Å². The number of aromatic nitrogens is 2. The summed E-state index contributed by atoms with van der Waals surface area (Å²) in [5, 5.41) is 8.02. The third-order valence-electron chi connectivity index (χ3n) is 3.56. The number of hydrogen-bond donors (Lipinski definition) is 1. The van der Waals surface area contributed by atoms with Gasteiger partial charge >= 0.3 is 0 Å². The second kappa shape index (κ2) is 6.57. The molecule has 0 saturated carbocycles. The van der Waals surface area contributed by atoms with Gasteiger partial charge in [-0.3, -0.25) is 0 Å². The minimum Gasteiger partial charge on any atom is -0.497 e. The monoisotopic (exact) mass is 273 g/mol. The van der Waals surface area contributed by atoms with Gasteiger partial charge in [0.25, 0.3) is 0 Å². The summed E-state index contributed by atoms with van der Waals surface area (Å²) in [5.41, 5.74) is 4.73. The second-order valence-electron chi connectivity index (χ2n) is 4.86. The van der Waals surface area contributed by atoms with E-state index in [1.807, 2.05) is 28.9 Å². The Labute approximate surface area is 120 Å². The average molecular weight is 273 g/mol. The Morgan fingerprint density at radius 2 is 1.90 bits per heavy atom. The van der Waals surface area contributed by atoms with E-state index in [1.165, 1.54) is 11.3 Å². The molecular formula is C16H23N3O. The van der Waals surface area contributed by atoms with E-state index in [0.717, 1.165) is 36.6 Å². The minimum atomic E-state index is 0.864. The molecule has 0 fully saturated rings. The lowest BCUT2D eigenvalue weighted by Gasteiger charge is -2.07. The van der Waals surface area contributed by atoms with Crippen LogP contribution in [0.2, 0.25) is 0 Å². The van der Waals surface area contributed by atoms with E-state index in [0.29, 0.717) is 0 Å². The van der Waals surface area contributed by atoms with Crippen LogP contribution in [0.3, 0.4) is 0 Å². The zero-order valence-electron chi connectivity index (χ0n) is 12.7. The van der Waals surface area contributed by atoms with Crippen LogP contribution in [0, 0.1) is 13.8 Å². The summed E-state index contributed by atoms with van der Waals surface area (Å²) in [6, 6.07) is 7.99. The fourth-order valence-electron chi connectivity index (χ4n) is 2.40. The molecule has 0 radical (unpaired) electrons. The fraction of sp³-hybridized carbons (Fsp3) is 0.438. The number of aryl methyl sites for hydroxylation is 1. The molecule has 1 aromatic carbocycles. The van der Waals surface area contributed by atoms with Crippen LogP contribution < -0.4 is 10.1 Å². The molecule has 0 aliphatic carbocycles. The highest BCUT2D eigenvalue weighted by Crippen LogP contribution is 2.20. The quantitative estimate of drug-likeness (QED) is 0.822. The summed E-state index contributed by atoms with van der Waals surface area (Å²) < 4.78 is 7.20. The Balaban J connectivity index is 2.25. The minimum absolute atomic E-state index is 0.864. The summed E-state index contributed by atoms with van der Waals surface area (Å²) >= 11 is 0. The van der Waals surface area contributed by atoms with Crippen molar-refractivity contribution < 1.29 is 4.74 Å². The van der Waals surface area contributed by atoms with Crippen molar-refractivity contribution in [1.29, 1.82) is 0 Å². The van der Waals surface area contributed by atoms with Crippen LogP contribution >= 0.6 is 0 Å². The molecule has 1 heterocycles. The molecule has 0 atom stereocenters. The maximum atomic E-state index is 5.19. The van der Waals surface area contributed by atoms with Crippen molar-refractivity contribution >= 4 is 0 Å². The Hall–Kier alpha value is -1.81. The first-order valence-electron chi connectivity index (χ1n) is 7.07. The largest absolute Gasteiger partial charge is 0.497 e. The van der Waals surface area contributed by atoms with Crippen molar-refractivity contribution in [3.8, 4) is 11.4 Å². The number of hydrogen-bond acceptors (Lipinski definition) is 3. The molecule has 1 aromatic heterocycles. The molecule has 4 nitrogen and oxygen atoms in total. The number of benzene rings is 1. The van der Waals surface area contributed by atoms with Crippen molar-refractivity contribution in [2.75, 3.05) is 20.2 Å². The molecule has 20 heavy (non-hydrogen) atoms. The van der Waals surface area contributed by atoms with Crippen LogP contribution in [0.15, 0.2) is 24.3 Å². The van der Waals surface area contributed by atoms with Crippen LogP contribution in [0.4, 0.5) is 0 Å². The normalized spacial score (nSPS) is 10.8. The van der Waals surface area contributed by atoms with Crippen molar-refractivity contribution in [1.82, 2.24) is 15.1 Å². The van der Waals surface area contributed by atoms with Gasteiger partial charge < -0.3 is 10.1 Å².